The van der Waals surface area contributed by atoms with E-state index in [0.29, 0.717) is 6.54 Å². The first-order valence-corrected chi connectivity index (χ1v) is 8.24. The summed E-state index contributed by atoms with van der Waals surface area (Å²) in [6, 6.07) is 0. The topological polar surface area (TPSA) is 75.2 Å². The number of likely N-dealkylation sites (N-methyl/N-ethyl adjacent to an activating group) is 1. The number of Topliss-reactive ketones (excluding diaryl/α,β-unsaturated/α-hetero) is 1. The second kappa shape index (κ2) is 7.83. The van der Waals surface area contributed by atoms with Crippen LogP contribution in [0.3, 0.4) is 0 Å². The normalized spacial score (nSPS) is 12.3. The zero-order valence-electron chi connectivity index (χ0n) is 15.9. The van der Waals surface area contributed by atoms with Gasteiger partial charge in [-0.2, -0.15) is 0 Å². The Labute approximate surface area is 145 Å². The summed E-state index contributed by atoms with van der Waals surface area (Å²) < 4.78 is 0. The number of rotatable bonds is 6. The van der Waals surface area contributed by atoms with Crippen molar-refractivity contribution >= 4 is 11.7 Å². The first-order valence-electron chi connectivity index (χ1n) is 8.24. The van der Waals surface area contributed by atoms with Gasteiger partial charge >= 0.3 is 0 Å². The predicted octanol–water partition coefficient (Wildman–Crippen LogP) is 2.41. The van der Waals surface area contributed by atoms with Crippen LogP contribution in [0.4, 0.5) is 0 Å². The van der Waals surface area contributed by atoms with Crippen molar-refractivity contribution in [3.8, 4) is 0 Å². The highest BCUT2D eigenvalue weighted by Crippen LogP contribution is 2.20. The molecule has 0 aliphatic rings. The Hall–Kier alpha value is -1.82. The van der Waals surface area contributed by atoms with Crippen molar-refractivity contribution in [1.82, 2.24) is 20.2 Å². The Morgan fingerprint density at radius 3 is 2.08 bits per heavy atom. The Bertz CT molecular complexity index is 585. The number of ketones is 1. The number of nitrogens with zero attached hydrogens (tertiary/aromatic N) is 3. The summed E-state index contributed by atoms with van der Waals surface area (Å²) in [6.07, 6.45) is 2.87. The summed E-state index contributed by atoms with van der Waals surface area (Å²) in [7, 11) is 2.02. The first kappa shape index (κ1) is 20.2. The maximum Gasteiger partial charge on any atom is 0.272 e. The van der Waals surface area contributed by atoms with Gasteiger partial charge in [-0.3, -0.25) is 9.59 Å². The molecule has 0 aliphatic heterocycles. The molecule has 134 valence electrons. The summed E-state index contributed by atoms with van der Waals surface area (Å²) in [5.74, 6) is -0.551. The van der Waals surface area contributed by atoms with Crippen LogP contribution in [0.2, 0.25) is 0 Å². The maximum atomic E-state index is 12.4. The molecule has 0 saturated carbocycles. The van der Waals surface area contributed by atoms with Gasteiger partial charge in [0, 0.05) is 37.4 Å². The standard InChI is InChI=1S/C18H30N4O2/c1-17(2,3)12-22(7)11-10-21-16(24)14-13(19-8-9-20-14)15(23)18(4,5)6/h8-9H,10-12H2,1-7H3,(H,21,24). The van der Waals surface area contributed by atoms with Gasteiger partial charge in [-0.05, 0) is 12.5 Å². The predicted molar refractivity (Wildman–Crippen MR) is 95.1 cm³/mol. The Morgan fingerprint density at radius 2 is 1.58 bits per heavy atom. The second-order valence-electron chi connectivity index (χ2n) is 8.39. The van der Waals surface area contributed by atoms with Crippen LogP contribution in [-0.4, -0.2) is 53.2 Å². The molecule has 1 aromatic rings. The molecule has 1 aromatic heterocycles. The third-order valence-corrected chi connectivity index (χ3v) is 3.33. The molecular weight excluding hydrogens is 304 g/mol. The Morgan fingerprint density at radius 1 is 1.04 bits per heavy atom. The van der Waals surface area contributed by atoms with Gasteiger partial charge in [-0.25, -0.2) is 9.97 Å². The van der Waals surface area contributed by atoms with Crippen molar-refractivity contribution in [2.24, 2.45) is 10.8 Å². The zero-order chi connectivity index (χ0) is 18.5. The van der Waals surface area contributed by atoms with Gasteiger partial charge in [-0.15, -0.1) is 0 Å². The third-order valence-electron chi connectivity index (χ3n) is 3.33. The summed E-state index contributed by atoms with van der Waals surface area (Å²) in [5, 5.41) is 2.83. The van der Waals surface area contributed by atoms with Crippen LogP contribution in [0.5, 0.6) is 0 Å². The lowest BCUT2D eigenvalue weighted by Crippen LogP contribution is -2.37. The average molecular weight is 334 g/mol. The number of carbonyl (C=O) groups excluding carboxylic acids is 2. The lowest BCUT2D eigenvalue weighted by Gasteiger charge is -2.26. The van der Waals surface area contributed by atoms with Crippen LogP contribution in [0.1, 0.15) is 62.5 Å². The minimum absolute atomic E-state index is 0.0934. The number of hydrogen-bond acceptors (Lipinski definition) is 5. The second-order valence-corrected chi connectivity index (χ2v) is 8.39. The van der Waals surface area contributed by atoms with Crippen molar-refractivity contribution in [2.75, 3.05) is 26.7 Å². The zero-order valence-corrected chi connectivity index (χ0v) is 15.9. The van der Waals surface area contributed by atoms with E-state index in [4.69, 9.17) is 0 Å². The van der Waals surface area contributed by atoms with Crippen LogP contribution < -0.4 is 5.32 Å². The van der Waals surface area contributed by atoms with E-state index in [-0.39, 0.29) is 28.5 Å². The molecule has 0 spiro atoms. The van der Waals surface area contributed by atoms with Crippen molar-refractivity contribution in [1.29, 1.82) is 0 Å². The van der Waals surface area contributed by atoms with E-state index < -0.39 is 5.41 Å². The van der Waals surface area contributed by atoms with Crippen LogP contribution in [0.15, 0.2) is 12.4 Å². The Kier molecular flexibility index (Phi) is 6.60. The van der Waals surface area contributed by atoms with Gasteiger partial charge in [0.2, 0.25) is 0 Å². The van der Waals surface area contributed by atoms with Crippen LogP contribution in [0.25, 0.3) is 0 Å². The van der Waals surface area contributed by atoms with Gasteiger partial charge in [0.05, 0.1) is 0 Å². The maximum absolute atomic E-state index is 12.4. The Balaban J connectivity index is 2.71. The average Bonchev–Trinajstić information content (AvgIpc) is 2.43. The van der Waals surface area contributed by atoms with Crippen LogP contribution >= 0.6 is 0 Å². The van der Waals surface area contributed by atoms with E-state index in [1.165, 1.54) is 12.4 Å². The molecule has 1 N–H and O–H groups in total. The largest absolute Gasteiger partial charge is 0.349 e. The molecule has 0 atom stereocenters. The lowest BCUT2D eigenvalue weighted by atomic mass is 9.88. The summed E-state index contributed by atoms with van der Waals surface area (Å²) in [5.41, 5.74) is -0.185. The van der Waals surface area contributed by atoms with Crippen molar-refractivity contribution in [3.05, 3.63) is 23.8 Å². The minimum Gasteiger partial charge on any atom is -0.349 e. The van der Waals surface area contributed by atoms with Gasteiger partial charge in [0.15, 0.2) is 11.5 Å². The molecule has 0 unspecified atom stereocenters. The van der Waals surface area contributed by atoms with Crippen LogP contribution in [-0.2, 0) is 0 Å². The van der Waals surface area contributed by atoms with Crippen LogP contribution in [0, 0.1) is 10.8 Å². The van der Waals surface area contributed by atoms with Crippen molar-refractivity contribution < 1.29 is 9.59 Å². The molecule has 6 heteroatoms. The number of aromatic nitrogens is 2. The highest BCUT2D eigenvalue weighted by Gasteiger charge is 2.29. The molecule has 1 rings (SSSR count). The number of carbonyl (C=O) groups is 2. The smallest absolute Gasteiger partial charge is 0.272 e. The molecule has 0 aromatic carbocycles. The van der Waals surface area contributed by atoms with E-state index in [0.717, 1.165) is 13.1 Å². The third kappa shape index (κ3) is 6.35. The first-order chi connectivity index (χ1) is 10.9. The number of nitrogens with one attached hydrogen (secondary N) is 1. The molecule has 0 fully saturated rings. The van der Waals surface area contributed by atoms with E-state index in [9.17, 15) is 9.59 Å². The van der Waals surface area contributed by atoms with Crippen molar-refractivity contribution in [3.63, 3.8) is 0 Å². The fraction of sp³-hybridized carbons (Fsp3) is 0.667. The summed E-state index contributed by atoms with van der Waals surface area (Å²) in [4.78, 5) is 35.1. The fourth-order valence-electron chi connectivity index (χ4n) is 2.36. The molecule has 6 nitrogen and oxygen atoms in total. The SMILES string of the molecule is CN(CCNC(=O)c1nccnc1C(=O)C(C)(C)C)CC(C)(C)C. The lowest BCUT2D eigenvalue weighted by molar-refractivity contribution is 0.0839. The number of hydrogen-bond donors (Lipinski definition) is 1. The van der Waals surface area contributed by atoms with Crippen molar-refractivity contribution in [2.45, 2.75) is 41.5 Å². The fourth-order valence-corrected chi connectivity index (χ4v) is 2.36. The minimum atomic E-state index is -0.613. The molecule has 0 aliphatic carbocycles. The van der Waals surface area contributed by atoms with E-state index >= 15 is 0 Å². The van der Waals surface area contributed by atoms with Gasteiger partial charge in [-0.1, -0.05) is 41.5 Å². The summed E-state index contributed by atoms with van der Waals surface area (Å²) in [6.45, 7) is 14.1. The van der Waals surface area contributed by atoms with E-state index in [2.05, 4.69) is 41.0 Å². The summed E-state index contributed by atoms with van der Waals surface area (Å²) >= 11 is 0. The number of amides is 1. The van der Waals surface area contributed by atoms with E-state index in [1.807, 2.05) is 7.05 Å². The molecule has 0 radical (unpaired) electrons. The monoisotopic (exact) mass is 334 g/mol. The molecule has 1 amide bonds. The molecule has 0 saturated heterocycles. The molecule has 24 heavy (non-hydrogen) atoms. The highest BCUT2D eigenvalue weighted by molar-refractivity contribution is 6.07. The molecule has 0 bridgehead atoms. The molecular formula is C18H30N4O2. The van der Waals surface area contributed by atoms with Gasteiger partial charge in [0.25, 0.3) is 5.91 Å². The quantitative estimate of drug-likeness (QED) is 0.809. The van der Waals surface area contributed by atoms with E-state index in [1.54, 1.807) is 20.8 Å². The van der Waals surface area contributed by atoms with Gasteiger partial charge in [0.1, 0.15) is 5.69 Å². The van der Waals surface area contributed by atoms with Gasteiger partial charge < -0.3 is 10.2 Å². The highest BCUT2D eigenvalue weighted by atomic mass is 16.2. The molecule has 1 heterocycles.